The maximum Gasteiger partial charge on any atom is 0.354 e. The van der Waals surface area contributed by atoms with Crippen LogP contribution in [-0.2, 0) is 6.54 Å². The number of hydrogen-bond acceptors (Lipinski definition) is 7. The van der Waals surface area contributed by atoms with Crippen molar-refractivity contribution in [1.29, 1.82) is 0 Å². The Morgan fingerprint density at radius 3 is 2.44 bits per heavy atom. The predicted octanol–water partition coefficient (Wildman–Crippen LogP) is 1.89. The molecule has 0 radical (unpaired) electrons. The van der Waals surface area contributed by atoms with Crippen molar-refractivity contribution >= 4 is 11.5 Å². The Balaban J connectivity index is 1.53. The van der Waals surface area contributed by atoms with Crippen molar-refractivity contribution < 1.29 is 4.92 Å². The van der Waals surface area contributed by atoms with Crippen LogP contribution in [0.25, 0.3) is 5.82 Å². The Bertz CT molecular complexity index is 907. The van der Waals surface area contributed by atoms with Crippen LogP contribution in [0, 0.1) is 10.1 Å². The molecule has 3 heterocycles. The Kier molecular flexibility index (Phi) is 4.75. The van der Waals surface area contributed by atoms with E-state index < -0.39 is 4.92 Å². The van der Waals surface area contributed by atoms with Gasteiger partial charge in [0.1, 0.15) is 12.7 Å². The lowest BCUT2D eigenvalue weighted by molar-refractivity contribution is -0.384. The summed E-state index contributed by atoms with van der Waals surface area (Å²) in [6.45, 7) is 3.86. The summed E-state index contributed by atoms with van der Waals surface area (Å²) in [5.41, 5.74) is 1.17. The van der Waals surface area contributed by atoms with Crippen LogP contribution in [0.2, 0.25) is 0 Å². The minimum atomic E-state index is -0.416. The fraction of sp³-hybridized carbons (Fsp3) is 0.278. The monoisotopic (exact) mass is 365 g/mol. The Morgan fingerprint density at radius 1 is 1.04 bits per heavy atom. The van der Waals surface area contributed by atoms with Gasteiger partial charge in [-0.1, -0.05) is 30.3 Å². The van der Waals surface area contributed by atoms with Crippen LogP contribution in [-0.4, -0.2) is 55.5 Å². The van der Waals surface area contributed by atoms with Gasteiger partial charge >= 0.3 is 5.69 Å². The van der Waals surface area contributed by atoms with E-state index >= 15 is 0 Å². The number of piperazine rings is 1. The summed E-state index contributed by atoms with van der Waals surface area (Å²) < 4.78 is 1.54. The molecule has 0 saturated carbocycles. The molecule has 27 heavy (non-hydrogen) atoms. The number of nitrogens with zero attached hydrogens (tertiary/aromatic N) is 7. The smallest absolute Gasteiger partial charge is 0.348 e. The molecule has 1 fully saturated rings. The van der Waals surface area contributed by atoms with Gasteiger partial charge in [-0.2, -0.15) is 0 Å². The van der Waals surface area contributed by atoms with Crippen LogP contribution in [0.1, 0.15) is 5.56 Å². The maximum absolute atomic E-state index is 11.7. The average Bonchev–Trinajstić information content (AvgIpc) is 3.23. The zero-order valence-corrected chi connectivity index (χ0v) is 14.7. The Morgan fingerprint density at radius 2 is 1.78 bits per heavy atom. The van der Waals surface area contributed by atoms with Gasteiger partial charge in [-0.3, -0.25) is 19.6 Å². The third-order valence-electron chi connectivity index (χ3n) is 4.64. The van der Waals surface area contributed by atoms with Crippen molar-refractivity contribution in [2.45, 2.75) is 6.54 Å². The molecule has 4 rings (SSSR count). The second-order valence-electron chi connectivity index (χ2n) is 6.35. The Labute approximate surface area is 156 Å². The van der Waals surface area contributed by atoms with E-state index in [2.05, 4.69) is 32.0 Å². The summed E-state index contributed by atoms with van der Waals surface area (Å²) in [5.74, 6) is 0.590. The third-order valence-corrected chi connectivity index (χ3v) is 4.64. The van der Waals surface area contributed by atoms with Crippen molar-refractivity contribution in [2.24, 2.45) is 0 Å². The number of aromatic nitrogens is 4. The molecular weight excluding hydrogens is 346 g/mol. The average molecular weight is 365 g/mol. The zero-order chi connectivity index (χ0) is 18.6. The molecule has 0 bridgehead atoms. The van der Waals surface area contributed by atoms with E-state index in [1.165, 1.54) is 22.8 Å². The maximum atomic E-state index is 11.7. The van der Waals surface area contributed by atoms with E-state index in [9.17, 15) is 10.1 Å². The van der Waals surface area contributed by atoms with Gasteiger partial charge in [0.2, 0.25) is 11.6 Å². The lowest BCUT2D eigenvalue weighted by Gasteiger charge is -2.35. The molecule has 9 heteroatoms. The standard InChI is InChI=1S/C18H19N7O2/c26-25(27)16-17(20-13-21-18(16)24-7-6-19-14-24)23-10-8-22(9-11-23)12-15-4-2-1-3-5-15/h1-7,13-14H,8-12H2. The van der Waals surface area contributed by atoms with E-state index in [0.29, 0.717) is 18.9 Å². The van der Waals surface area contributed by atoms with E-state index in [0.717, 1.165) is 19.6 Å². The van der Waals surface area contributed by atoms with Gasteiger partial charge in [-0.05, 0) is 5.56 Å². The normalized spacial score (nSPS) is 15.0. The van der Waals surface area contributed by atoms with Gasteiger partial charge in [0.05, 0.1) is 4.92 Å². The number of nitro groups is 1. The lowest BCUT2D eigenvalue weighted by atomic mass is 10.2. The highest BCUT2D eigenvalue weighted by atomic mass is 16.6. The van der Waals surface area contributed by atoms with Crippen LogP contribution < -0.4 is 4.90 Å². The number of hydrogen-bond donors (Lipinski definition) is 0. The second-order valence-corrected chi connectivity index (χ2v) is 6.35. The highest BCUT2D eigenvalue weighted by Crippen LogP contribution is 2.31. The number of anilines is 1. The highest BCUT2D eigenvalue weighted by Gasteiger charge is 2.29. The molecule has 0 spiro atoms. The van der Waals surface area contributed by atoms with Gasteiger partial charge in [-0.25, -0.2) is 15.0 Å². The molecule has 138 valence electrons. The molecule has 0 atom stereocenters. The number of imidazole rings is 1. The highest BCUT2D eigenvalue weighted by molar-refractivity contribution is 5.65. The molecule has 0 aliphatic carbocycles. The van der Waals surface area contributed by atoms with Crippen molar-refractivity contribution in [1.82, 2.24) is 24.4 Å². The molecule has 1 saturated heterocycles. The van der Waals surface area contributed by atoms with E-state index in [1.54, 1.807) is 12.4 Å². The van der Waals surface area contributed by atoms with Crippen LogP contribution in [0.5, 0.6) is 0 Å². The van der Waals surface area contributed by atoms with E-state index in [-0.39, 0.29) is 11.5 Å². The molecular formula is C18H19N7O2. The van der Waals surface area contributed by atoms with Crippen LogP contribution >= 0.6 is 0 Å². The number of rotatable bonds is 5. The van der Waals surface area contributed by atoms with Crippen LogP contribution in [0.15, 0.2) is 55.4 Å². The van der Waals surface area contributed by atoms with Gasteiger partial charge in [-0.15, -0.1) is 0 Å². The van der Waals surface area contributed by atoms with Gasteiger partial charge < -0.3 is 4.90 Å². The minimum Gasteiger partial charge on any atom is -0.348 e. The van der Waals surface area contributed by atoms with Crippen LogP contribution in [0.4, 0.5) is 11.5 Å². The van der Waals surface area contributed by atoms with Crippen molar-refractivity contribution in [3.63, 3.8) is 0 Å². The van der Waals surface area contributed by atoms with E-state index in [4.69, 9.17) is 0 Å². The summed E-state index contributed by atoms with van der Waals surface area (Å²) >= 11 is 0. The van der Waals surface area contributed by atoms with Gasteiger partial charge in [0.25, 0.3) is 0 Å². The Hall–Kier alpha value is -3.33. The van der Waals surface area contributed by atoms with Crippen molar-refractivity contribution in [2.75, 3.05) is 31.1 Å². The molecule has 0 unspecified atom stereocenters. The fourth-order valence-electron chi connectivity index (χ4n) is 3.29. The molecule has 2 aromatic heterocycles. The third kappa shape index (κ3) is 3.63. The fourth-order valence-corrected chi connectivity index (χ4v) is 3.29. The SMILES string of the molecule is O=[N+]([O-])c1c(N2CCN(Cc3ccccc3)CC2)ncnc1-n1ccnc1. The molecule has 1 aromatic carbocycles. The van der Waals surface area contributed by atoms with Crippen molar-refractivity contribution in [3.8, 4) is 5.82 Å². The first kappa shape index (κ1) is 17.1. The van der Waals surface area contributed by atoms with E-state index in [1.807, 2.05) is 23.1 Å². The zero-order valence-electron chi connectivity index (χ0n) is 14.7. The first-order valence-corrected chi connectivity index (χ1v) is 8.71. The summed E-state index contributed by atoms with van der Waals surface area (Å²) in [6.07, 6.45) is 6.07. The molecule has 0 N–H and O–H groups in total. The second kappa shape index (κ2) is 7.50. The van der Waals surface area contributed by atoms with Crippen LogP contribution in [0.3, 0.4) is 0 Å². The summed E-state index contributed by atoms with van der Waals surface area (Å²) in [7, 11) is 0. The topological polar surface area (TPSA) is 93.2 Å². The first-order valence-electron chi connectivity index (χ1n) is 8.71. The molecule has 0 amide bonds. The molecule has 1 aliphatic heterocycles. The number of benzene rings is 1. The summed E-state index contributed by atoms with van der Waals surface area (Å²) in [4.78, 5) is 27.9. The lowest BCUT2D eigenvalue weighted by Crippen LogP contribution is -2.46. The van der Waals surface area contributed by atoms with Gasteiger partial charge in [0, 0.05) is 45.1 Å². The summed E-state index contributed by atoms with van der Waals surface area (Å²) in [5, 5.41) is 11.7. The summed E-state index contributed by atoms with van der Waals surface area (Å²) in [6, 6.07) is 10.3. The minimum absolute atomic E-state index is 0.0907. The van der Waals surface area contributed by atoms with Gasteiger partial charge in [0.15, 0.2) is 0 Å². The molecule has 1 aliphatic rings. The molecule has 3 aromatic rings. The predicted molar refractivity (Wildman–Crippen MR) is 99.7 cm³/mol. The molecule has 9 nitrogen and oxygen atoms in total. The largest absolute Gasteiger partial charge is 0.354 e. The van der Waals surface area contributed by atoms with Crippen molar-refractivity contribution in [3.05, 3.63) is 71.1 Å². The quantitative estimate of drug-likeness (QED) is 0.503. The first-order chi connectivity index (χ1) is 13.2.